The van der Waals surface area contributed by atoms with Crippen molar-refractivity contribution >= 4 is 22.6 Å². The van der Waals surface area contributed by atoms with Gasteiger partial charge < -0.3 is 14.6 Å². The minimum Gasteiger partial charge on any atom is -0.497 e. The number of imidazole rings is 1. The average Bonchev–Trinajstić information content (AvgIpc) is 3.16. The van der Waals surface area contributed by atoms with E-state index in [0.29, 0.717) is 5.56 Å². The van der Waals surface area contributed by atoms with Crippen LogP contribution in [0.5, 0.6) is 5.75 Å². The fraction of sp³-hybridized carbons (Fsp3) is 0.200. The SMILES string of the molecule is COc1ccc(C(=O)Nc2ccc3c(c2)nc2n3CCN(Cc3ccccc3)C2)cc1. The quantitative estimate of drug-likeness (QED) is 0.531. The summed E-state index contributed by atoms with van der Waals surface area (Å²) in [5.41, 5.74) is 4.66. The molecule has 1 aliphatic rings. The number of carbonyl (C=O) groups is 1. The molecule has 0 unspecified atom stereocenters. The number of rotatable bonds is 5. The van der Waals surface area contributed by atoms with Crippen molar-refractivity contribution in [3.8, 4) is 5.75 Å². The van der Waals surface area contributed by atoms with E-state index in [0.717, 1.165) is 54.5 Å². The Hall–Kier alpha value is -3.64. The summed E-state index contributed by atoms with van der Waals surface area (Å²) in [7, 11) is 1.61. The van der Waals surface area contributed by atoms with Crippen molar-refractivity contribution in [3.63, 3.8) is 0 Å². The van der Waals surface area contributed by atoms with E-state index in [-0.39, 0.29) is 5.91 Å². The second kappa shape index (κ2) is 8.24. The summed E-state index contributed by atoms with van der Waals surface area (Å²) in [6, 6.07) is 23.5. The largest absolute Gasteiger partial charge is 0.497 e. The number of amides is 1. The van der Waals surface area contributed by atoms with Gasteiger partial charge in [0.15, 0.2) is 0 Å². The van der Waals surface area contributed by atoms with Crippen molar-refractivity contribution in [2.75, 3.05) is 19.0 Å². The average molecular weight is 412 g/mol. The summed E-state index contributed by atoms with van der Waals surface area (Å²) >= 11 is 0. The molecule has 1 aromatic heterocycles. The third kappa shape index (κ3) is 4.02. The number of nitrogens with one attached hydrogen (secondary N) is 1. The van der Waals surface area contributed by atoms with E-state index in [1.807, 2.05) is 24.3 Å². The molecular weight excluding hydrogens is 388 g/mol. The van der Waals surface area contributed by atoms with E-state index in [9.17, 15) is 4.79 Å². The number of benzene rings is 3. The maximum absolute atomic E-state index is 12.6. The van der Waals surface area contributed by atoms with Gasteiger partial charge in [0.1, 0.15) is 11.6 Å². The van der Waals surface area contributed by atoms with E-state index in [2.05, 4.69) is 39.0 Å². The number of hydrogen-bond donors (Lipinski definition) is 1. The molecule has 31 heavy (non-hydrogen) atoms. The highest BCUT2D eigenvalue weighted by atomic mass is 16.5. The first-order valence-electron chi connectivity index (χ1n) is 10.4. The van der Waals surface area contributed by atoms with Crippen molar-refractivity contribution < 1.29 is 9.53 Å². The maximum atomic E-state index is 12.6. The van der Waals surface area contributed by atoms with Gasteiger partial charge in [0.05, 0.1) is 24.7 Å². The van der Waals surface area contributed by atoms with Crippen LogP contribution in [0.3, 0.4) is 0 Å². The lowest BCUT2D eigenvalue weighted by Crippen LogP contribution is -2.33. The Kier molecular flexibility index (Phi) is 5.14. The lowest BCUT2D eigenvalue weighted by Gasteiger charge is -2.27. The highest BCUT2D eigenvalue weighted by Crippen LogP contribution is 2.25. The minimum absolute atomic E-state index is 0.153. The van der Waals surface area contributed by atoms with Crippen LogP contribution in [0.15, 0.2) is 72.8 Å². The standard InChI is InChI=1S/C25H24N4O2/c1-31-21-10-7-19(8-11-21)25(30)26-20-9-12-23-22(15-20)27-24-17-28(13-14-29(23)24)16-18-5-3-2-4-6-18/h2-12,15H,13-14,16-17H2,1H3,(H,26,30). The fourth-order valence-corrected chi connectivity index (χ4v) is 4.07. The Balaban J connectivity index is 1.32. The molecule has 0 saturated carbocycles. The van der Waals surface area contributed by atoms with Gasteiger partial charge in [0.2, 0.25) is 0 Å². The fourth-order valence-electron chi connectivity index (χ4n) is 4.07. The molecule has 5 rings (SSSR count). The van der Waals surface area contributed by atoms with Gasteiger partial charge in [-0.15, -0.1) is 0 Å². The number of hydrogen-bond acceptors (Lipinski definition) is 4. The van der Waals surface area contributed by atoms with Crippen molar-refractivity contribution in [1.29, 1.82) is 0 Å². The molecule has 1 amide bonds. The molecule has 0 radical (unpaired) electrons. The summed E-state index contributed by atoms with van der Waals surface area (Å²) in [5, 5.41) is 2.97. The van der Waals surface area contributed by atoms with Crippen LogP contribution >= 0.6 is 0 Å². The van der Waals surface area contributed by atoms with Crippen LogP contribution in [0.4, 0.5) is 5.69 Å². The predicted octanol–water partition coefficient (Wildman–Crippen LogP) is 4.31. The smallest absolute Gasteiger partial charge is 0.255 e. The molecule has 0 aliphatic carbocycles. The molecule has 0 fully saturated rings. The summed E-state index contributed by atoms with van der Waals surface area (Å²) in [4.78, 5) is 19.9. The monoisotopic (exact) mass is 412 g/mol. The van der Waals surface area contributed by atoms with Gasteiger partial charge in [-0.05, 0) is 48.0 Å². The molecule has 0 spiro atoms. The number of nitrogens with zero attached hydrogens (tertiary/aromatic N) is 3. The first-order valence-corrected chi connectivity index (χ1v) is 10.4. The van der Waals surface area contributed by atoms with E-state index >= 15 is 0 Å². The van der Waals surface area contributed by atoms with Crippen LogP contribution in [0.2, 0.25) is 0 Å². The van der Waals surface area contributed by atoms with E-state index in [1.165, 1.54) is 5.56 Å². The molecule has 6 nitrogen and oxygen atoms in total. The molecule has 0 bridgehead atoms. The molecule has 0 saturated heterocycles. The van der Waals surface area contributed by atoms with Crippen LogP contribution in [0, 0.1) is 0 Å². The van der Waals surface area contributed by atoms with Gasteiger partial charge in [-0.25, -0.2) is 4.98 Å². The zero-order valence-corrected chi connectivity index (χ0v) is 17.4. The summed E-state index contributed by atoms with van der Waals surface area (Å²) < 4.78 is 7.43. The molecule has 2 heterocycles. The molecular formula is C25H24N4O2. The van der Waals surface area contributed by atoms with Crippen molar-refractivity contribution in [3.05, 3.63) is 89.7 Å². The Morgan fingerprint density at radius 1 is 1.03 bits per heavy atom. The van der Waals surface area contributed by atoms with Gasteiger partial charge >= 0.3 is 0 Å². The van der Waals surface area contributed by atoms with Crippen molar-refractivity contribution in [2.24, 2.45) is 0 Å². The highest BCUT2D eigenvalue weighted by molar-refractivity contribution is 6.05. The van der Waals surface area contributed by atoms with Crippen LogP contribution in [-0.4, -0.2) is 34.0 Å². The second-order valence-electron chi connectivity index (χ2n) is 7.76. The van der Waals surface area contributed by atoms with Gasteiger partial charge in [0, 0.05) is 30.9 Å². The zero-order chi connectivity index (χ0) is 21.2. The number of aromatic nitrogens is 2. The summed E-state index contributed by atoms with van der Waals surface area (Å²) in [5.74, 6) is 1.64. The first-order chi connectivity index (χ1) is 15.2. The van der Waals surface area contributed by atoms with Crippen LogP contribution < -0.4 is 10.1 Å². The Morgan fingerprint density at radius 3 is 2.61 bits per heavy atom. The third-order valence-corrected chi connectivity index (χ3v) is 5.69. The molecule has 0 atom stereocenters. The summed E-state index contributed by atoms with van der Waals surface area (Å²) in [6.07, 6.45) is 0. The number of anilines is 1. The second-order valence-corrected chi connectivity index (χ2v) is 7.76. The third-order valence-electron chi connectivity index (χ3n) is 5.69. The Morgan fingerprint density at radius 2 is 1.84 bits per heavy atom. The topological polar surface area (TPSA) is 59.4 Å². The zero-order valence-electron chi connectivity index (χ0n) is 17.4. The van der Waals surface area contributed by atoms with Crippen molar-refractivity contribution in [1.82, 2.24) is 14.5 Å². The van der Waals surface area contributed by atoms with E-state index in [1.54, 1.807) is 31.4 Å². The van der Waals surface area contributed by atoms with E-state index < -0.39 is 0 Å². The lowest BCUT2D eigenvalue weighted by atomic mass is 10.2. The predicted molar refractivity (Wildman–Crippen MR) is 121 cm³/mol. The number of methoxy groups -OCH3 is 1. The molecule has 4 aromatic rings. The van der Waals surface area contributed by atoms with Crippen LogP contribution in [0.25, 0.3) is 11.0 Å². The number of ether oxygens (including phenoxy) is 1. The maximum Gasteiger partial charge on any atom is 0.255 e. The van der Waals surface area contributed by atoms with Crippen LogP contribution in [-0.2, 0) is 19.6 Å². The Labute approximate surface area is 181 Å². The van der Waals surface area contributed by atoms with Gasteiger partial charge in [0.25, 0.3) is 5.91 Å². The molecule has 6 heteroatoms. The molecule has 1 aliphatic heterocycles. The molecule has 156 valence electrons. The normalized spacial score (nSPS) is 13.7. The lowest BCUT2D eigenvalue weighted by molar-refractivity contribution is 0.102. The number of carbonyl (C=O) groups excluding carboxylic acids is 1. The van der Waals surface area contributed by atoms with Crippen molar-refractivity contribution in [2.45, 2.75) is 19.6 Å². The van der Waals surface area contributed by atoms with Gasteiger partial charge in [-0.3, -0.25) is 9.69 Å². The van der Waals surface area contributed by atoms with Crippen LogP contribution in [0.1, 0.15) is 21.7 Å². The minimum atomic E-state index is -0.153. The summed E-state index contributed by atoms with van der Waals surface area (Å²) in [6.45, 7) is 3.64. The molecule has 3 aromatic carbocycles. The molecule has 1 N–H and O–H groups in total. The first kappa shape index (κ1) is 19.3. The Bertz CT molecular complexity index is 1220. The number of fused-ring (bicyclic) bond motifs is 3. The highest BCUT2D eigenvalue weighted by Gasteiger charge is 2.20. The van der Waals surface area contributed by atoms with Gasteiger partial charge in [-0.1, -0.05) is 30.3 Å². The van der Waals surface area contributed by atoms with E-state index in [4.69, 9.17) is 9.72 Å². The van der Waals surface area contributed by atoms with Gasteiger partial charge in [-0.2, -0.15) is 0 Å².